The quantitative estimate of drug-likeness (QED) is 0.796. The number of aromatic nitrogens is 2. The van der Waals surface area contributed by atoms with Gasteiger partial charge in [-0.2, -0.15) is 0 Å². The van der Waals surface area contributed by atoms with Gasteiger partial charge in [0, 0.05) is 37.4 Å². The van der Waals surface area contributed by atoms with Crippen LogP contribution in [0, 0.1) is 13.8 Å². The van der Waals surface area contributed by atoms with E-state index in [4.69, 9.17) is 0 Å². The first-order chi connectivity index (χ1) is 9.92. The van der Waals surface area contributed by atoms with Gasteiger partial charge in [0.15, 0.2) is 0 Å². The molecule has 21 heavy (non-hydrogen) atoms. The first-order valence-electron chi connectivity index (χ1n) is 7.40. The van der Waals surface area contributed by atoms with Crippen molar-refractivity contribution in [3.63, 3.8) is 0 Å². The zero-order chi connectivity index (χ0) is 15.6. The normalized spacial score (nSPS) is 23.1. The second kappa shape index (κ2) is 6.35. The maximum Gasteiger partial charge on any atom is 0.272 e. The van der Waals surface area contributed by atoms with Crippen molar-refractivity contribution in [1.29, 1.82) is 0 Å². The molecule has 114 valence electrons. The smallest absolute Gasteiger partial charge is 0.272 e. The number of amides is 1. The van der Waals surface area contributed by atoms with Crippen molar-refractivity contribution in [2.24, 2.45) is 0 Å². The van der Waals surface area contributed by atoms with Gasteiger partial charge in [-0.15, -0.1) is 6.58 Å². The first-order valence-corrected chi connectivity index (χ1v) is 7.40. The number of hydrogen-bond donors (Lipinski definition) is 0. The molecule has 2 heterocycles. The fraction of sp³-hybridized carbons (Fsp3) is 0.562. The van der Waals surface area contributed by atoms with E-state index >= 15 is 0 Å². The first kappa shape index (κ1) is 15.6. The van der Waals surface area contributed by atoms with E-state index in [0.29, 0.717) is 17.6 Å². The molecule has 0 aromatic carbocycles. The minimum atomic E-state index is 0.00111. The number of carbonyl (C=O) groups is 1. The molecule has 1 aromatic rings. The maximum atomic E-state index is 12.7. The molecule has 5 heteroatoms. The van der Waals surface area contributed by atoms with Crippen molar-refractivity contribution in [3.8, 4) is 0 Å². The zero-order valence-corrected chi connectivity index (χ0v) is 13.3. The third-order valence-electron chi connectivity index (χ3n) is 3.92. The molecule has 2 atom stereocenters. The Kier molecular flexibility index (Phi) is 4.73. The van der Waals surface area contributed by atoms with Crippen molar-refractivity contribution in [2.45, 2.75) is 39.8 Å². The van der Waals surface area contributed by atoms with Gasteiger partial charge in [-0.1, -0.05) is 6.08 Å². The van der Waals surface area contributed by atoms with Crippen LogP contribution in [0.4, 0.5) is 0 Å². The van der Waals surface area contributed by atoms with Crippen LogP contribution < -0.4 is 0 Å². The molecule has 1 saturated heterocycles. The lowest BCUT2D eigenvalue weighted by atomic mass is 10.1. The Morgan fingerprint density at radius 2 is 2.05 bits per heavy atom. The van der Waals surface area contributed by atoms with E-state index in [1.54, 1.807) is 6.07 Å². The summed E-state index contributed by atoms with van der Waals surface area (Å²) in [5, 5.41) is 0. The molecular weight excluding hydrogens is 264 g/mol. The van der Waals surface area contributed by atoms with Gasteiger partial charge in [0.2, 0.25) is 0 Å². The number of carbonyl (C=O) groups excluding carboxylic acids is 1. The fourth-order valence-electron chi connectivity index (χ4n) is 2.87. The molecule has 1 aromatic heterocycles. The van der Waals surface area contributed by atoms with Gasteiger partial charge in [0.25, 0.3) is 5.91 Å². The molecule has 0 bridgehead atoms. The van der Waals surface area contributed by atoms with Crippen LogP contribution in [-0.4, -0.2) is 57.4 Å². The summed E-state index contributed by atoms with van der Waals surface area (Å²) in [6.07, 6.45) is 1.91. The average Bonchev–Trinajstić information content (AvgIpc) is 2.41. The third kappa shape index (κ3) is 3.47. The number of aryl methyl sites for hydroxylation is 2. The molecule has 0 spiro atoms. The van der Waals surface area contributed by atoms with E-state index in [-0.39, 0.29) is 11.9 Å². The highest BCUT2D eigenvalue weighted by atomic mass is 16.2. The van der Waals surface area contributed by atoms with E-state index in [1.165, 1.54) is 0 Å². The van der Waals surface area contributed by atoms with E-state index in [9.17, 15) is 4.79 Å². The Hall–Kier alpha value is -1.75. The van der Waals surface area contributed by atoms with E-state index in [2.05, 4.69) is 35.3 Å². The van der Waals surface area contributed by atoms with Gasteiger partial charge in [-0.3, -0.25) is 9.69 Å². The lowest BCUT2D eigenvalue weighted by Gasteiger charge is -2.43. The Bertz CT molecular complexity index is 523. The van der Waals surface area contributed by atoms with Crippen LogP contribution >= 0.6 is 0 Å². The molecule has 2 rings (SSSR count). The fourth-order valence-corrected chi connectivity index (χ4v) is 2.87. The van der Waals surface area contributed by atoms with Crippen molar-refractivity contribution in [3.05, 3.63) is 35.9 Å². The number of rotatable bonds is 3. The van der Waals surface area contributed by atoms with Gasteiger partial charge < -0.3 is 4.90 Å². The largest absolute Gasteiger partial charge is 0.332 e. The standard InChI is InChI=1S/C16H24N4O/c1-6-7-19-9-13(4)20(10-12(19)3)16(21)15-8-11(2)17-14(5)18-15/h6,8,12-13H,1,7,9-10H2,2-5H3/t12-,13-/m1/s1. The van der Waals surface area contributed by atoms with Crippen LogP contribution in [-0.2, 0) is 0 Å². The Labute approximate surface area is 126 Å². The lowest BCUT2D eigenvalue weighted by molar-refractivity contribution is 0.0350. The van der Waals surface area contributed by atoms with Crippen LogP contribution in [0.3, 0.4) is 0 Å². The van der Waals surface area contributed by atoms with Crippen LogP contribution in [0.2, 0.25) is 0 Å². The van der Waals surface area contributed by atoms with Gasteiger partial charge in [-0.25, -0.2) is 9.97 Å². The highest BCUT2D eigenvalue weighted by Gasteiger charge is 2.32. The van der Waals surface area contributed by atoms with E-state index in [1.807, 2.05) is 24.8 Å². The van der Waals surface area contributed by atoms with E-state index < -0.39 is 0 Å². The molecule has 1 amide bonds. The van der Waals surface area contributed by atoms with Gasteiger partial charge in [0.05, 0.1) is 0 Å². The Morgan fingerprint density at radius 3 is 2.67 bits per heavy atom. The highest BCUT2D eigenvalue weighted by molar-refractivity contribution is 5.92. The minimum absolute atomic E-state index is 0.00111. The summed E-state index contributed by atoms with van der Waals surface area (Å²) >= 11 is 0. The minimum Gasteiger partial charge on any atom is -0.332 e. The molecule has 0 N–H and O–H groups in total. The third-order valence-corrected chi connectivity index (χ3v) is 3.92. The van der Waals surface area contributed by atoms with Gasteiger partial charge in [-0.05, 0) is 33.8 Å². The average molecular weight is 288 g/mol. The topological polar surface area (TPSA) is 49.3 Å². The number of piperazine rings is 1. The molecule has 0 radical (unpaired) electrons. The van der Waals surface area contributed by atoms with Crippen LogP contribution in [0.15, 0.2) is 18.7 Å². The van der Waals surface area contributed by atoms with Crippen molar-refractivity contribution >= 4 is 5.91 Å². The molecule has 0 aliphatic carbocycles. The van der Waals surface area contributed by atoms with Crippen LogP contribution in [0.25, 0.3) is 0 Å². The summed E-state index contributed by atoms with van der Waals surface area (Å²) in [6.45, 7) is 14.2. The molecular formula is C16H24N4O. The highest BCUT2D eigenvalue weighted by Crippen LogP contribution is 2.17. The van der Waals surface area contributed by atoms with E-state index in [0.717, 1.165) is 25.3 Å². The van der Waals surface area contributed by atoms with Crippen molar-refractivity contribution in [1.82, 2.24) is 19.8 Å². The second-order valence-corrected chi connectivity index (χ2v) is 5.84. The molecule has 0 unspecified atom stereocenters. The predicted molar refractivity (Wildman–Crippen MR) is 83.2 cm³/mol. The summed E-state index contributed by atoms with van der Waals surface area (Å²) in [5.41, 5.74) is 1.33. The summed E-state index contributed by atoms with van der Waals surface area (Å²) in [6, 6.07) is 2.26. The zero-order valence-electron chi connectivity index (χ0n) is 13.3. The molecule has 1 aliphatic heterocycles. The predicted octanol–water partition coefficient (Wildman–Crippen LogP) is 1.81. The summed E-state index contributed by atoms with van der Waals surface area (Å²) in [4.78, 5) is 25.5. The Balaban J connectivity index is 2.17. The number of hydrogen-bond acceptors (Lipinski definition) is 4. The SMILES string of the molecule is C=CCN1C[C@@H](C)N(C(=O)c2cc(C)nc(C)n2)C[C@H]1C. The maximum absolute atomic E-state index is 12.7. The number of nitrogens with zero attached hydrogens (tertiary/aromatic N) is 4. The van der Waals surface area contributed by atoms with Crippen molar-refractivity contribution in [2.75, 3.05) is 19.6 Å². The van der Waals surface area contributed by atoms with Crippen LogP contribution in [0.1, 0.15) is 35.9 Å². The molecule has 0 saturated carbocycles. The van der Waals surface area contributed by atoms with Crippen LogP contribution in [0.5, 0.6) is 0 Å². The summed E-state index contributed by atoms with van der Waals surface area (Å²) in [5.74, 6) is 0.644. The summed E-state index contributed by atoms with van der Waals surface area (Å²) in [7, 11) is 0. The lowest BCUT2D eigenvalue weighted by Crippen LogP contribution is -2.58. The summed E-state index contributed by atoms with van der Waals surface area (Å²) < 4.78 is 0. The monoisotopic (exact) mass is 288 g/mol. The molecule has 5 nitrogen and oxygen atoms in total. The molecule has 1 fully saturated rings. The van der Waals surface area contributed by atoms with Gasteiger partial charge in [0.1, 0.15) is 11.5 Å². The second-order valence-electron chi connectivity index (χ2n) is 5.84. The molecule has 1 aliphatic rings. The van der Waals surface area contributed by atoms with Gasteiger partial charge >= 0.3 is 0 Å². The van der Waals surface area contributed by atoms with Crippen molar-refractivity contribution < 1.29 is 4.79 Å². The Morgan fingerprint density at radius 1 is 1.33 bits per heavy atom.